The minimum absolute atomic E-state index is 0.150. The molecule has 4 atom stereocenters. The van der Waals surface area contributed by atoms with Crippen molar-refractivity contribution < 1.29 is 18.6 Å². The Morgan fingerprint density at radius 1 is 1.27 bits per heavy atom. The Morgan fingerprint density at radius 3 is 2.93 bits per heavy atom. The molecule has 0 aromatic carbocycles. The quantitative estimate of drug-likeness (QED) is 0.147. The number of amides is 2. The van der Waals surface area contributed by atoms with E-state index in [1.165, 1.54) is 19.2 Å². The number of carbonyl (C=O) groups is 2. The van der Waals surface area contributed by atoms with E-state index in [1.807, 2.05) is 6.92 Å². The number of nitrogens with two attached hydrogens (primary N) is 1. The third-order valence-electron chi connectivity index (χ3n) is 5.95. The van der Waals surface area contributed by atoms with Gasteiger partial charge in [0.2, 0.25) is 11.8 Å². The van der Waals surface area contributed by atoms with Crippen molar-refractivity contribution in [3.05, 3.63) is 0 Å². The average molecular weight is 443 g/mol. The third-order valence-corrected chi connectivity index (χ3v) is 6.69. The van der Waals surface area contributed by atoms with E-state index in [0.717, 1.165) is 51.5 Å². The van der Waals surface area contributed by atoms with Crippen LogP contribution in [0, 0.1) is 11.8 Å². The molecule has 4 N–H and O–H groups in total. The summed E-state index contributed by atoms with van der Waals surface area (Å²) in [5.74, 6) is 1.54. The molecule has 1 saturated heterocycles. The van der Waals surface area contributed by atoms with Crippen molar-refractivity contribution in [1.29, 1.82) is 0 Å². The summed E-state index contributed by atoms with van der Waals surface area (Å²) in [4.78, 5) is 27.4. The highest BCUT2D eigenvalue weighted by atomic mass is 31.2. The van der Waals surface area contributed by atoms with Crippen LogP contribution < -0.4 is 16.1 Å². The highest BCUT2D eigenvalue weighted by molar-refractivity contribution is 7.45. The number of fused-ring (bicyclic) bond motifs is 1. The van der Waals surface area contributed by atoms with Gasteiger partial charge in [-0.3, -0.25) is 20.1 Å². The van der Waals surface area contributed by atoms with Crippen LogP contribution in [0.4, 0.5) is 0 Å². The van der Waals surface area contributed by atoms with Gasteiger partial charge in [-0.15, -0.1) is 0 Å². The van der Waals surface area contributed by atoms with Crippen LogP contribution in [0.15, 0.2) is 4.99 Å². The summed E-state index contributed by atoms with van der Waals surface area (Å²) >= 11 is 0. The lowest BCUT2D eigenvalue weighted by Gasteiger charge is -2.18. The summed E-state index contributed by atoms with van der Waals surface area (Å²) in [5, 5.41) is 6.15. The Kier molecular flexibility index (Phi) is 12.3. The average Bonchev–Trinajstić information content (AvgIpc) is 3.27. The Balaban J connectivity index is 1.36. The zero-order chi connectivity index (χ0) is 21.6. The normalized spacial score (nSPS) is 24.1. The van der Waals surface area contributed by atoms with E-state index in [0.29, 0.717) is 43.9 Å². The molecule has 1 heterocycles. The predicted molar refractivity (Wildman–Crippen MR) is 120 cm³/mol. The van der Waals surface area contributed by atoms with Gasteiger partial charge in [0.05, 0.1) is 6.61 Å². The fourth-order valence-electron chi connectivity index (χ4n) is 4.37. The first-order valence-corrected chi connectivity index (χ1v) is 12.7. The molecule has 0 radical (unpaired) electrons. The van der Waals surface area contributed by atoms with Gasteiger partial charge in [0.1, 0.15) is 0 Å². The molecule has 8 nitrogen and oxygen atoms in total. The van der Waals surface area contributed by atoms with Crippen LogP contribution in [-0.4, -0.2) is 44.0 Å². The highest BCUT2D eigenvalue weighted by Crippen LogP contribution is 2.39. The number of unbranched alkanes of at least 4 members (excludes halogenated alkanes) is 4. The monoisotopic (exact) mass is 442 g/mol. The molecular weight excluding hydrogens is 403 g/mol. The molecule has 9 heteroatoms. The lowest BCUT2D eigenvalue weighted by Crippen LogP contribution is -2.32. The standard InChI is InChI=1S/C21H39N4O4P/c1-2-23-16-29-30(22)28-14-8-4-3-7-13-24-19(26)10-6-5-9-17-11-12-18-15-20(27)25-21(17)18/h16-18,21H,2-15,22H2,1H3,(H,24,26)(H,25,27). The van der Waals surface area contributed by atoms with E-state index in [9.17, 15) is 9.59 Å². The van der Waals surface area contributed by atoms with Gasteiger partial charge in [0, 0.05) is 32.0 Å². The lowest BCUT2D eigenvalue weighted by molar-refractivity contribution is -0.121. The number of aliphatic imine (C=N–C) groups is 1. The van der Waals surface area contributed by atoms with Crippen LogP contribution in [0.2, 0.25) is 0 Å². The largest absolute Gasteiger partial charge is 0.425 e. The second-order valence-corrected chi connectivity index (χ2v) is 9.27. The summed E-state index contributed by atoms with van der Waals surface area (Å²) in [6, 6.07) is 0.399. The van der Waals surface area contributed by atoms with Crippen LogP contribution >= 0.6 is 8.53 Å². The van der Waals surface area contributed by atoms with Gasteiger partial charge in [-0.2, -0.15) is 0 Å². The molecule has 30 heavy (non-hydrogen) atoms. The summed E-state index contributed by atoms with van der Waals surface area (Å²) < 4.78 is 10.5. The number of hydrogen-bond acceptors (Lipinski definition) is 6. The van der Waals surface area contributed by atoms with Crippen molar-refractivity contribution in [1.82, 2.24) is 10.6 Å². The van der Waals surface area contributed by atoms with Crippen molar-refractivity contribution >= 4 is 26.7 Å². The molecule has 2 fully saturated rings. The first kappa shape index (κ1) is 25.0. The Hall–Kier alpha value is -1.24. The van der Waals surface area contributed by atoms with E-state index >= 15 is 0 Å². The van der Waals surface area contributed by atoms with Crippen molar-refractivity contribution in [2.75, 3.05) is 19.7 Å². The molecular formula is C21H39N4O4P. The number of rotatable bonds is 16. The molecule has 0 spiro atoms. The summed E-state index contributed by atoms with van der Waals surface area (Å²) in [7, 11) is -1.37. The topological polar surface area (TPSA) is 115 Å². The van der Waals surface area contributed by atoms with Gasteiger partial charge in [0.25, 0.3) is 0 Å². The SMILES string of the molecule is CCN=COP(N)OCCCCCCNC(=O)CCCCC1CCC2CC(=O)NC12. The molecule has 2 aliphatic rings. The number of hydrogen-bond donors (Lipinski definition) is 3. The molecule has 2 amide bonds. The molecule has 0 bridgehead atoms. The van der Waals surface area contributed by atoms with E-state index in [1.54, 1.807) is 0 Å². The fraction of sp³-hybridized carbons (Fsp3) is 0.857. The Morgan fingerprint density at radius 2 is 2.10 bits per heavy atom. The molecule has 2 rings (SSSR count). The Labute approximate surface area is 182 Å². The van der Waals surface area contributed by atoms with Crippen molar-refractivity contribution in [3.8, 4) is 0 Å². The van der Waals surface area contributed by atoms with Crippen molar-refractivity contribution in [2.45, 2.75) is 83.6 Å². The van der Waals surface area contributed by atoms with Gasteiger partial charge in [-0.1, -0.05) is 19.3 Å². The number of nitrogens with zero attached hydrogens (tertiary/aromatic N) is 1. The maximum Gasteiger partial charge on any atom is 0.316 e. The molecule has 172 valence electrons. The van der Waals surface area contributed by atoms with Crippen LogP contribution in [0.5, 0.6) is 0 Å². The van der Waals surface area contributed by atoms with Crippen LogP contribution in [0.1, 0.15) is 77.6 Å². The predicted octanol–water partition coefficient (Wildman–Crippen LogP) is 3.41. The summed E-state index contributed by atoms with van der Waals surface area (Å²) in [5.41, 5.74) is 5.69. The van der Waals surface area contributed by atoms with Gasteiger partial charge in [0.15, 0.2) is 6.40 Å². The highest BCUT2D eigenvalue weighted by Gasteiger charge is 2.41. The van der Waals surface area contributed by atoms with Gasteiger partial charge >= 0.3 is 8.53 Å². The second kappa shape index (κ2) is 14.7. The van der Waals surface area contributed by atoms with Gasteiger partial charge in [-0.05, 0) is 57.3 Å². The summed E-state index contributed by atoms with van der Waals surface area (Å²) in [6.45, 7) is 3.91. The molecule has 0 aromatic rings. The molecule has 1 aliphatic carbocycles. The molecule has 4 unspecified atom stereocenters. The minimum atomic E-state index is -1.37. The van der Waals surface area contributed by atoms with Crippen molar-refractivity contribution in [3.63, 3.8) is 0 Å². The number of nitrogens with one attached hydrogen (secondary N) is 2. The lowest BCUT2D eigenvalue weighted by atomic mass is 9.94. The smallest absolute Gasteiger partial charge is 0.316 e. The van der Waals surface area contributed by atoms with Crippen LogP contribution in [0.25, 0.3) is 0 Å². The third kappa shape index (κ3) is 9.71. The first-order chi connectivity index (χ1) is 14.6. The maximum atomic E-state index is 12.0. The van der Waals surface area contributed by atoms with E-state index in [2.05, 4.69) is 15.6 Å². The minimum Gasteiger partial charge on any atom is -0.425 e. The maximum absolute atomic E-state index is 12.0. The molecule has 0 aromatic heterocycles. The molecule has 1 saturated carbocycles. The van der Waals surface area contributed by atoms with Gasteiger partial charge < -0.3 is 19.7 Å². The Bertz CT molecular complexity index is 549. The fourth-order valence-corrected chi connectivity index (χ4v) is 4.90. The van der Waals surface area contributed by atoms with E-state index < -0.39 is 8.53 Å². The van der Waals surface area contributed by atoms with Crippen molar-refractivity contribution in [2.24, 2.45) is 22.3 Å². The number of carbonyl (C=O) groups excluding carboxylic acids is 2. The van der Waals surface area contributed by atoms with E-state index in [-0.39, 0.29) is 11.8 Å². The van der Waals surface area contributed by atoms with Gasteiger partial charge in [-0.25, -0.2) is 0 Å². The second-order valence-electron chi connectivity index (χ2n) is 8.23. The molecule has 1 aliphatic heterocycles. The van der Waals surface area contributed by atoms with E-state index in [4.69, 9.17) is 14.6 Å². The summed E-state index contributed by atoms with van der Waals surface area (Å²) in [6.07, 6.45) is 12.2. The van der Waals surface area contributed by atoms with Crippen LogP contribution in [-0.2, 0) is 18.6 Å². The zero-order valence-electron chi connectivity index (χ0n) is 18.3. The van der Waals surface area contributed by atoms with Crippen LogP contribution in [0.3, 0.4) is 0 Å². The zero-order valence-corrected chi connectivity index (χ0v) is 19.2. The first-order valence-electron chi connectivity index (χ1n) is 11.5.